The van der Waals surface area contributed by atoms with Crippen LogP contribution in [0.3, 0.4) is 0 Å². The van der Waals surface area contributed by atoms with Crippen LogP contribution >= 0.6 is 0 Å². The van der Waals surface area contributed by atoms with Gasteiger partial charge in [0.1, 0.15) is 5.78 Å². The smallest absolute Gasteiger partial charge is 0.308 e. The molecule has 0 aliphatic carbocycles. The fourth-order valence-electron chi connectivity index (χ4n) is 3.34. The second-order valence-electron chi connectivity index (χ2n) is 7.62. The molecule has 2 atom stereocenters. The molecule has 0 fully saturated rings. The van der Waals surface area contributed by atoms with Gasteiger partial charge in [0.25, 0.3) is 0 Å². The Kier molecular flexibility index (Phi) is 9.26. The molecule has 30 heavy (non-hydrogen) atoms. The Hall–Kier alpha value is -2.95. The minimum atomic E-state index is -0.327. The van der Waals surface area contributed by atoms with Gasteiger partial charge in [-0.25, -0.2) is 0 Å². The van der Waals surface area contributed by atoms with E-state index in [2.05, 4.69) is 29.6 Å². The monoisotopic (exact) mass is 409 g/mol. The minimum absolute atomic E-state index is 0.0157. The van der Waals surface area contributed by atoms with E-state index in [-0.39, 0.29) is 42.5 Å². The van der Waals surface area contributed by atoms with E-state index in [0.717, 1.165) is 16.7 Å². The Labute approximate surface area is 178 Å². The van der Waals surface area contributed by atoms with Gasteiger partial charge in [-0.1, -0.05) is 61.5 Å². The first kappa shape index (κ1) is 23.3. The first-order chi connectivity index (χ1) is 14.4. The third-order valence-corrected chi connectivity index (χ3v) is 4.94. The SMILES string of the molecule is CCOC(=O)[C@H](C)C[C@H](Cc1ccc(-c2ccccc2)cc1)NC(=O)CCC(C)=O. The standard InChI is InChI=1S/C25H31NO4/c1-4-30-25(29)18(2)16-23(26-24(28)15-10-19(3)27)17-20-11-13-22(14-12-20)21-8-6-5-7-9-21/h5-9,11-14,18,23H,4,10,15-17H2,1-3H3,(H,26,28)/t18-,23-/m1/s1. The summed E-state index contributed by atoms with van der Waals surface area (Å²) in [6, 6.07) is 18.1. The molecule has 0 aliphatic rings. The molecule has 2 aromatic rings. The van der Waals surface area contributed by atoms with E-state index in [1.54, 1.807) is 6.92 Å². The molecule has 1 N–H and O–H groups in total. The van der Waals surface area contributed by atoms with Gasteiger partial charge in [-0.05, 0) is 43.4 Å². The lowest BCUT2D eigenvalue weighted by molar-refractivity contribution is -0.148. The summed E-state index contributed by atoms with van der Waals surface area (Å²) in [7, 11) is 0. The molecule has 0 saturated carbocycles. The molecule has 1 amide bonds. The number of carbonyl (C=O) groups excluding carboxylic acids is 3. The van der Waals surface area contributed by atoms with E-state index in [1.807, 2.05) is 37.3 Å². The highest BCUT2D eigenvalue weighted by atomic mass is 16.5. The molecule has 160 valence electrons. The van der Waals surface area contributed by atoms with Crippen molar-refractivity contribution in [1.82, 2.24) is 5.32 Å². The normalized spacial score (nSPS) is 12.6. The van der Waals surface area contributed by atoms with Crippen LogP contribution in [0.4, 0.5) is 0 Å². The van der Waals surface area contributed by atoms with Crippen molar-refractivity contribution in [2.24, 2.45) is 5.92 Å². The van der Waals surface area contributed by atoms with Crippen LogP contribution < -0.4 is 5.32 Å². The van der Waals surface area contributed by atoms with Crippen LogP contribution in [-0.2, 0) is 25.5 Å². The molecular formula is C25H31NO4. The van der Waals surface area contributed by atoms with Crippen molar-refractivity contribution in [2.75, 3.05) is 6.61 Å². The average Bonchev–Trinajstić information content (AvgIpc) is 2.73. The zero-order valence-electron chi connectivity index (χ0n) is 18.0. The number of nitrogens with one attached hydrogen (secondary N) is 1. The van der Waals surface area contributed by atoms with Crippen molar-refractivity contribution in [3.05, 3.63) is 60.2 Å². The van der Waals surface area contributed by atoms with Crippen molar-refractivity contribution in [1.29, 1.82) is 0 Å². The third-order valence-electron chi connectivity index (χ3n) is 4.94. The van der Waals surface area contributed by atoms with Crippen molar-refractivity contribution in [3.63, 3.8) is 0 Å². The fraction of sp³-hybridized carbons (Fsp3) is 0.400. The number of ether oxygens (including phenoxy) is 1. The van der Waals surface area contributed by atoms with Crippen LogP contribution in [0.2, 0.25) is 0 Å². The molecule has 0 aliphatic heterocycles. The molecule has 5 heteroatoms. The lowest BCUT2D eigenvalue weighted by atomic mass is 9.94. The van der Waals surface area contributed by atoms with Crippen molar-refractivity contribution >= 4 is 17.7 Å². The van der Waals surface area contributed by atoms with Gasteiger partial charge in [0.05, 0.1) is 12.5 Å². The Bertz CT molecular complexity index is 830. The van der Waals surface area contributed by atoms with Crippen molar-refractivity contribution in [3.8, 4) is 11.1 Å². The minimum Gasteiger partial charge on any atom is -0.466 e. The Morgan fingerprint density at radius 3 is 2.17 bits per heavy atom. The number of Topliss-reactive ketones (excluding diaryl/α,β-unsaturated/α-hetero) is 1. The zero-order valence-corrected chi connectivity index (χ0v) is 18.0. The zero-order chi connectivity index (χ0) is 21.9. The van der Waals surface area contributed by atoms with Gasteiger partial charge >= 0.3 is 5.97 Å². The number of carbonyl (C=O) groups is 3. The molecule has 0 aromatic heterocycles. The molecule has 2 aromatic carbocycles. The molecular weight excluding hydrogens is 378 g/mol. The predicted octanol–water partition coefficient (Wildman–Crippen LogP) is 4.34. The maximum atomic E-state index is 12.3. The summed E-state index contributed by atoms with van der Waals surface area (Å²) in [6.45, 7) is 5.40. The largest absolute Gasteiger partial charge is 0.466 e. The number of hydrogen-bond acceptors (Lipinski definition) is 4. The Balaban J connectivity index is 2.07. The summed E-state index contributed by atoms with van der Waals surface area (Å²) < 4.78 is 5.11. The van der Waals surface area contributed by atoms with Gasteiger partial charge in [0.2, 0.25) is 5.91 Å². The summed E-state index contributed by atoms with van der Waals surface area (Å²) in [4.78, 5) is 35.5. The van der Waals surface area contributed by atoms with Crippen molar-refractivity contribution < 1.29 is 19.1 Å². The van der Waals surface area contributed by atoms with Gasteiger partial charge in [0, 0.05) is 18.9 Å². The quantitative estimate of drug-likeness (QED) is 0.561. The topological polar surface area (TPSA) is 72.5 Å². The highest BCUT2D eigenvalue weighted by Crippen LogP contribution is 2.21. The number of amides is 1. The maximum Gasteiger partial charge on any atom is 0.308 e. The second-order valence-corrected chi connectivity index (χ2v) is 7.62. The number of rotatable bonds is 11. The predicted molar refractivity (Wildman–Crippen MR) is 118 cm³/mol. The van der Waals surface area contributed by atoms with E-state index in [9.17, 15) is 14.4 Å². The first-order valence-electron chi connectivity index (χ1n) is 10.5. The summed E-state index contributed by atoms with van der Waals surface area (Å²) in [6.07, 6.45) is 1.46. The Morgan fingerprint density at radius 1 is 0.933 bits per heavy atom. The van der Waals surface area contributed by atoms with E-state index in [4.69, 9.17) is 4.74 Å². The van der Waals surface area contributed by atoms with Crippen LogP contribution in [0.5, 0.6) is 0 Å². The molecule has 0 bridgehead atoms. The first-order valence-corrected chi connectivity index (χ1v) is 10.5. The van der Waals surface area contributed by atoms with E-state index >= 15 is 0 Å². The van der Waals surface area contributed by atoms with Gasteiger partial charge in [-0.15, -0.1) is 0 Å². The van der Waals surface area contributed by atoms with Crippen LogP contribution in [0, 0.1) is 5.92 Å². The lowest BCUT2D eigenvalue weighted by Crippen LogP contribution is -2.39. The molecule has 5 nitrogen and oxygen atoms in total. The summed E-state index contributed by atoms with van der Waals surface area (Å²) >= 11 is 0. The van der Waals surface area contributed by atoms with Crippen LogP contribution in [0.25, 0.3) is 11.1 Å². The van der Waals surface area contributed by atoms with Gasteiger partial charge < -0.3 is 14.8 Å². The summed E-state index contributed by atoms with van der Waals surface area (Å²) in [5.74, 6) is -0.781. The van der Waals surface area contributed by atoms with Crippen LogP contribution in [0.15, 0.2) is 54.6 Å². The highest BCUT2D eigenvalue weighted by Gasteiger charge is 2.22. The molecule has 0 unspecified atom stereocenters. The van der Waals surface area contributed by atoms with E-state index in [1.165, 1.54) is 6.92 Å². The van der Waals surface area contributed by atoms with E-state index in [0.29, 0.717) is 19.4 Å². The number of esters is 1. The van der Waals surface area contributed by atoms with Crippen LogP contribution in [-0.4, -0.2) is 30.3 Å². The second kappa shape index (κ2) is 11.9. The van der Waals surface area contributed by atoms with Crippen molar-refractivity contribution in [2.45, 2.75) is 52.5 Å². The number of hydrogen-bond donors (Lipinski definition) is 1. The third kappa shape index (κ3) is 7.82. The molecule has 2 rings (SSSR count). The molecule has 0 radical (unpaired) electrons. The highest BCUT2D eigenvalue weighted by molar-refractivity contribution is 5.83. The van der Waals surface area contributed by atoms with Gasteiger partial charge in [0.15, 0.2) is 0 Å². The van der Waals surface area contributed by atoms with Crippen LogP contribution in [0.1, 0.15) is 45.6 Å². The van der Waals surface area contributed by atoms with Gasteiger partial charge in [-0.2, -0.15) is 0 Å². The fourth-order valence-corrected chi connectivity index (χ4v) is 3.34. The molecule has 0 spiro atoms. The molecule has 0 saturated heterocycles. The summed E-state index contributed by atoms with van der Waals surface area (Å²) in [5, 5.41) is 3.00. The summed E-state index contributed by atoms with van der Waals surface area (Å²) in [5.41, 5.74) is 3.35. The Morgan fingerprint density at radius 2 is 1.57 bits per heavy atom. The van der Waals surface area contributed by atoms with E-state index < -0.39 is 0 Å². The van der Waals surface area contributed by atoms with Gasteiger partial charge in [-0.3, -0.25) is 9.59 Å². The number of ketones is 1. The average molecular weight is 410 g/mol. The lowest BCUT2D eigenvalue weighted by Gasteiger charge is -2.22. The molecule has 0 heterocycles. The maximum absolute atomic E-state index is 12.3. The number of benzene rings is 2.